The molecule has 0 radical (unpaired) electrons. The highest BCUT2D eigenvalue weighted by Gasteiger charge is 2.30. The lowest BCUT2D eigenvalue weighted by molar-refractivity contribution is -0.142. The Morgan fingerprint density at radius 1 is 0.862 bits per heavy atom. The number of benzene rings is 2. The fourth-order valence-corrected chi connectivity index (χ4v) is 3.23. The van der Waals surface area contributed by atoms with Crippen molar-refractivity contribution in [1.29, 1.82) is 0 Å². The zero-order valence-corrected chi connectivity index (χ0v) is 16.1. The third-order valence-corrected chi connectivity index (χ3v) is 4.62. The van der Waals surface area contributed by atoms with Gasteiger partial charge in [0.25, 0.3) is 0 Å². The van der Waals surface area contributed by atoms with Gasteiger partial charge >= 0.3 is 23.0 Å². The summed E-state index contributed by atoms with van der Waals surface area (Å²) in [4.78, 5) is 51.2. The van der Waals surface area contributed by atoms with Crippen molar-refractivity contribution in [3.8, 4) is 5.69 Å². The number of rotatable bonds is 6. The minimum absolute atomic E-state index is 0.0872. The van der Waals surface area contributed by atoms with Crippen molar-refractivity contribution in [3.05, 3.63) is 97.7 Å². The van der Waals surface area contributed by atoms with Gasteiger partial charge in [-0.2, -0.15) is 0 Å². The Bertz CT molecular complexity index is 1190. The highest BCUT2D eigenvalue weighted by Crippen LogP contribution is 2.14. The van der Waals surface area contributed by atoms with Crippen molar-refractivity contribution in [2.45, 2.75) is 26.4 Å². The number of hydrogen-bond donors (Lipinski definition) is 1. The third-order valence-electron chi connectivity index (χ3n) is 4.62. The first kappa shape index (κ1) is 20.1. The molecule has 2 aromatic carbocycles. The number of carboxylic acid groups (broad SMARTS) is 1. The number of carbonyl (C=O) groups is 1. The summed E-state index contributed by atoms with van der Waals surface area (Å²) in [7, 11) is 0. The van der Waals surface area contributed by atoms with Gasteiger partial charge in [-0.1, -0.05) is 62.4 Å². The molecule has 8 nitrogen and oxygen atoms in total. The smallest absolute Gasteiger partial charge is 0.341 e. The number of aromatic nitrogens is 3. The molecule has 1 aromatic heterocycles. The molecule has 0 amide bonds. The zero-order valence-electron chi connectivity index (χ0n) is 16.1. The van der Waals surface area contributed by atoms with E-state index in [1.54, 1.807) is 74.5 Å². The Hall–Kier alpha value is -3.68. The van der Waals surface area contributed by atoms with Crippen molar-refractivity contribution in [2.75, 3.05) is 0 Å². The SMILES string of the molecule is CC(C)[C@@H](C(=O)O)n1c(=O)n(Cc2ccccc2)c(=O)n(-c2ccccc2)c1=O. The van der Waals surface area contributed by atoms with Crippen molar-refractivity contribution in [2.24, 2.45) is 5.92 Å². The van der Waals surface area contributed by atoms with Gasteiger partial charge in [0.2, 0.25) is 0 Å². The topological polar surface area (TPSA) is 103 Å². The summed E-state index contributed by atoms with van der Waals surface area (Å²) in [5.74, 6) is -1.87. The normalized spacial score (nSPS) is 12.1. The van der Waals surface area contributed by atoms with Crippen LogP contribution in [0.1, 0.15) is 25.5 Å². The number of aliphatic carboxylic acids is 1. The quantitative estimate of drug-likeness (QED) is 0.681. The summed E-state index contributed by atoms with van der Waals surface area (Å²) in [6.07, 6.45) is 0. The van der Waals surface area contributed by atoms with Crippen LogP contribution in [-0.4, -0.2) is 24.8 Å². The third kappa shape index (κ3) is 3.82. The number of carboxylic acids is 1. The van der Waals surface area contributed by atoms with Gasteiger partial charge in [-0.3, -0.25) is 0 Å². The van der Waals surface area contributed by atoms with Crippen LogP contribution in [0.2, 0.25) is 0 Å². The molecular weight excluding hydrogens is 374 g/mol. The van der Waals surface area contributed by atoms with Gasteiger partial charge in [0.15, 0.2) is 0 Å². The molecule has 3 rings (SSSR count). The van der Waals surface area contributed by atoms with Crippen molar-refractivity contribution in [3.63, 3.8) is 0 Å². The molecule has 0 saturated carbocycles. The van der Waals surface area contributed by atoms with E-state index in [0.29, 0.717) is 10.1 Å². The van der Waals surface area contributed by atoms with E-state index in [4.69, 9.17) is 0 Å². The number of para-hydroxylation sites is 1. The molecule has 8 heteroatoms. The molecule has 150 valence electrons. The van der Waals surface area contributed by atoms with Crippen LogP contribution < -0.4 is 17.1 Å². The second-order valence-corrected chi connectivity index (χ2v) is 6.99. The Balaban J connectivity index is 2.39. The Morgan fingerprint density at radius 2 is 1.41 bits per heavy atom. The van der Waals surface area contributed by atoms with Crippen LogP contribution in [0.25, 0.3) is 5.69 Å². The molecule has 1 atom stereocenters. The summed E-state index contributed by atoms with van der Waals surface area (Å²) in [5, 5.41) is 9.66. The van der Waals surface area contributed by atoms with Crippen LogP contribution in [0.4, 0.5) is 0 Å². The highest BCUT2D eigenvalue weighted by atomic mass is 16.4. The molecule has 0 aliphatic carbocycles. The lowest BCUT2D eigenvalue weighted by Gasteiger charge is -2.21. The number of nitrogens with zero attached hydrogens (tertiary/aromatic N) is 3. The average molecular weight is 395 g/mol. The van der Waals surface area contributed by atoms with E-state index in [1.165, 1.54) is 0 Å². The van der Waals surface area contributed by atoms with Gasteiger partial charge in [0.1, 0.15) is 6.04 Å². The van der Waals surface area contributed by atoms with Gasteiger partial charge in [-0.15, -0.1) is 0 Å². The Morgan fingerprint density at radius 3 is 1.93 bits per heavy atom. The standard InChI is InChI=1S/C21H21N3O5/c1-14(2)17(18(25)26)24-20(28)22(13-15-9-5-3-6-10-15)19(27)23(21(24)29)16-11-7-4-8-12-16/h3-12,14,17H,13H2,1-2H3,(H,25,26)/t17-/m0/s1. The lowest BCUT2D eigenvalue weighted by atomic mass is 10.0. The highest BCUT2D eigenvalue weighted by molar-refractivity contribution is 5.72. The summed E-state index contributed by atoms with van der Waals surface area (Å²) in [6.45, 7) is 3.12. The molecular formula is C21H21N3O5. The maximum Gasteiger partial charge on any atom is 0.341 e. The van der Waals surface area contributed by atoms with E-state index < -0.39 is 35.0 Å². The van der Waals surface area contributed by atoms with E-state index >= 15 is 0 Å². The van der Waals surface area contributed by atoms with E-state index in [9.17, 15) is 24.3 Å². The predicted octanol–water partition coefficient (Wildman–Crippen LogP) is 1.49. The molecule has 0 aliphatic rings. The molecule has 0 saturated heterocycles. The van der Waals surface area contributed by atoms with Crippen LogP contribution in [-0.2, 0) is 11.3 Å². The summed E-state index contributed by atoms with van der Waals surface area (Å²) in [5.41, 5.74) is -1.81. The second kappa shape index (κ2) is 8.14. The molecule has 0 bridgehead atoms. The molecule has 0 spiro atoms. The predicted molar refractivity (Wildman–Crippen MR) is 108 cm³/mol. The Labute approximate surface area is 165 Å². The van der Waals surface area contributed by atoms with Crippen LogP contribution in [0.15, 0.2) is 75.0 Å². The van der Waals surface area contributed by atoms with Gasteiger partial charge in [-0.25, -0.2) is 32.9 Å². The molecule has 29 heavy (non-hydrogen) atoms. The van der Waals surface area contributed by atoms with E-state index in [1.807, 2.05) is 0 Å². The monoisotopic (exact) mass is 395 g/mol. The summed E-state index contributed by atoms with van der Waals surface area (Å²) >= 11 is 0. The molecule has 3 aromatic rings. The van der Waals surface area contributed by atoms with E-state index in [-0.39, 0.29) is 12.2 Å². The number of hydrogen-bond acceptors (Lipinski definition) is 4. The molecule has 0 fully saturated rings. The van der Waals surface area contributed by atoms with Crippen molar-refractivity contribution >= 4 is 5.97 Å². The molecule has 0 unspecified atom stereocenters. The summed E-state index contributed by atoms with van der Waals surface area (Å²) in [6, 6.07) is 15.5. The fraction of sp³-hybridized carbons (Fsp3) is 0.238. The first-order valence-electron chi connectivity index (χ1n) is 9.13. The minimum Gasteiger partial charge on any atom is -0.480 e. The average Bonchev–Trinajstić information content (AvgIpc) is 2.69. The maximum absolute atomic E-state index is 13.1. The van der Waals surface area contributed by atoms with Crippen LogP contribution >= 0.6 is 0 Å². The van der Waals surface area contributed by atoms with Gasteiger partial charge in [0.05, 0.1) is 12.2 Å². The van der Waals surface area contributed by atoms with Crippen molar-refractivity contribution < 1.29 is 9.90 Å². The second-order valence-electron chi connectivity index (χ2n) is 6.99. The molecule has 1 N–H and O–H groups in total. The molecule has 1 heterocycles. The first-order chi connectivity index (χ1) is 13.8. The lowest BCUT2D eigenvalue weighted by Crippen LogP contribution is -2.56. The van der Waals surface area contributed by atoms with Gasteiger partial charge < -0.3 is 5.11 Å². The van der Waals surface area contributed by atoms with E-state index in [0.717, 1.165) is 9.13 Å². The fourth-order valence-electron chi connectivity index (χ4n) is 3.23. The van der Waals surface area contributed by atoms with Gasteiger partial charge in [-0.05, 0) is 23.6 Å². The van der Waals surface area contributed by atoms with Gasteiger partial charge in [0, 0.05) is 0 Å². The largest absolute Gasteiger partial charge is 0.480 e. The van der Waals surface area contributed by atoms with E-state index in [2.05, 4.69) is 0 Å². The first-order valence-corrected chi connectivity index (χ1v) is 9.13. The molecule has 0 aliphatic heterocycles. The van der Waals surface area contributed by atoms with Crippen LogP contribution in [0, 0.1) is 5.92 Å². The van der Waals surface area contributed by atoms with Crippen LogP contribution in [0.5, 0.6) is 0 Å². The summed E-state index contributed by atoms with van der Waals surface area (Å²) < 4.78 is 2.38. The Kier molecular flexibility index (Phi) is 5.63. The minimum atomic E-state index is -1.41. The zero-order chi connectivity index (χ0) is 21.1. The van der Waals surface area contributed by atoms with Crippen molar-refractivity contribution in [1.82, 2.24) is 13.7 Å². The maximum atomic E-state index is 13.1. The van der Waals surface area contributed by atoms with Crippen LogP contribution in [0.3, 0.4) is 0 Å².